The van der Waals surface area contributed by atoms with E-state index in [-0.39, 0.29) is 19.4 Å². The van der Waals surface area contributed by atoms with Gasteiger partial charge in [0, 0.05) is 12.8 Å². The van der Waals surface area contributed by atoms with Crippen molar-refractivity contribution in [3.8, 4) is 0 Å². The quantitative estimate of drug-likeness (QED) is 0.0234. The fraction of sp³-hybridized carbons (Fsp3) is 0.915. The molecule has 0 aliphatic heterocycles. The van der Waals surface area contributed by atoms with Crippen molar-refractivity contribution < 1.29 is 47.8 Å². The number of ether oxygens (including phenoxy) is 2. The van der Waals surface area contributed by atoms with Gasteiger partial charge in [-0.3, -0.25) is 18.6 Å². The van der Waals surface area contributed by atoms with Crippen molar-refractivity contribution in [1.82, 2.24) is 0 Å². The van der Waals surface area contributed by atoms with Crippen LogP contribution in [-0.2, 0) is 32.7 Å². The lowest BCUT2D eigenvalue weighted by Gasteiger charge is -2.20. The Balaban J connectivity index is 4.19. The summed E-state index contributed by atoms with van der Waals surface area (Å²) in [7, 11) is -4.62. The van der Waals surface area contributed by atoms with Crippen LogP contribution in [0.15, 0.2) is 12.2 Å². The lowest BCUT2D eigenvalue weighted by atomic mass is 10.0. The van der Waals surface area contributed by atoms with Gasteiger partial charge in [-0.1, -0.05) is 199 Å². The van der Waals surface area contributed by atoms with Gasteiger partial charge in [0.2, 0.25) is 0 Å². The molecular weight excluding hydrogens is 755 g/mol. The second kappa shape index (κ2) is 43.8. The van der Waals surface area contributed by atoms with Gasteiger partial charge in [0.05, 0.1) is 19.8 Å². The maximum atomic E-state index is 12.6. The third-order valence-corrected chi connectivity index (χ3v) is 11.6. The van der Waals surface area contributed by atoms with Gasteiger partial charge in [-0.05, 0) is 38.5 Å². The zero-order valence-electron chi connectivity index (χ0n) is 37.5. The zero-order valence-corrected chi connectivity index (χ0v) is 38.4. The fourth-order valence-electron chi connectivity index (χ4n) is 6.93. The van der Waals surface area contributed by atoms with Gasteiger partial charge in [-0.2, -0.15) is 0 Å². The molecule has 0 aromatic rings. The van der Waals surface area contributed by atoms with E-state index in [1.54, 1.807) is 0 Å². The van der Waals surface area contributed by atoms with Gasteiger partial charge in [0.15, 0.2) is 6.10 Å². The van der Waals surface area contributed by atoms with E-state index in [4.69, 9.17) is 23.6 Å². The van der Waals surface area contributed by atoms with Crippen molar-refractivity contribution in [3.63, 3.8) is 0 Å². The highest BCUT2D eigenvalue weighted by atomic mass is 31.2. The minimum Gasteiger partial charge on any atom is -0.462 e. The van der Waals surface area contributed by atoms with Crippen LogP contribution in [0.25, 0.3) is 0 Å². The number of phosphoric ester groups is 1. The van der Waals surface area contributed by atoms with Crippen LogP contribution in [0.5, 0.6) is 0 Å². The van der Waals surface area contributed by atoms with Crippen LogP contribution in [0.3, 0.4) is 0 Å². The minimum absolute atomic E-state index is 0.189. The van der Waals surface area contributed by atoms with E-state index in [9.17, 15) is 24.2 Å². The summed E-state index contributed by atoms with van der Waals surface area (Å²) in [4.78, 5) is 35.1. The molecule has 0 amide bonds. The van der Waals surface area contributed by atoms with Crippen LogP contribution in [0.2, 0.25) is 0 Å². The third kappa shape index (κ3) is 42.8. The highest BCUT2D eigenvalue weighted by molar-refractivity contribution is 7.47. The molecule has 0 aromatic carbocycles. The number of aliphatic hydroxyl groups is 2. The highest BCUT2D eigenvalue weighted by Crippen LogP contribution is 2.43. The standard InChI is InChI=1S/C47H91O10P/c1-3-5-7-9-11-13-15-17-19-21-22-23-25-26-28-30-32-34-36-38-46(50)54-42-45(43-56-58(52,53)55-41-44(49)40-48)57-47(51)39-37-35-33-31-29-27-24-20-18-16-14-12-10-8-6-4-2/h21-22,44-45,48-49H,3-20,23-43H2,1-2H3,(H,52,53)/b22-21-/t44-,45+/m0/s1. The molecule has 0 aliphatic rings. The molecule has 0 bridgehead atoms. The van der Waals surface area contributed by atoms with Crippen LogP contribution in [-0.4, -0.2) is 65.7 Å². The Morgan fingerprint density at radius 2 is 0.845 bits per heavy atom. The van der Waals surface area contributed by atoms with E-state index in [0.29, 0.717) is 12.8 Å². The largest absolute Gasteiger partial charge is 0.472 e. The van der Waals surface area contributed by atoms with Gasteiger partial charge in [0.1, 0.15) is 12.7 Å². The predicted octanol–water partition coefficient (Wildman–Crippen LogP) is 13.2. The monoisotopic (exact) mass is 847 g/mol. The van der Waals surface area contributed by atoms with E-state index in [1.165, 1.54) is 154 Å². The number of phosphoric acid groups is 1. The first kappa shape index (κ1) is 56.7. The molecule has 3 N–H and O–H groups in total. The zero-order chi connectivity index (χ0) is 42.6. The summed E-state index contributed by atoms with van der Waals surface area (Å²) in [6.45, 7) is 2.42. The van der Waals surface area contributed by atoms with Crippen molar-refractivity contribution in [3.05, 3.63) is 12.2 Å². The summed E-state index contributed by atoms with van der Waals surface area (Å²) in [5.41, 5.74) is 0. The molecule has 0 aromatic heterocycles. The molecule has 344 valence electrons. The SMILES string of the molecule is CCCCCCCCCC/C=C\CCCCCCCCCC(=O)OC[C@H](COP(=O)(O)OC[C@@H](O)CO)OC(=O)CCCCCCCCCCCCCCCCCC. The molecule has 0 heterocycles. The van der Waals surface area contributed by atoms with Crippen molar-refractivity contribution in [2.24, 2.45) is 0 Å². The van der Waals surface area contributed by atoms with Gasteiger partial charge in [-0.25, -0.2) is 4.57 Å². The summed E-state index contributed by atoms with van der Waals surface area (Å²) >= 11 is 0. The summed E-state index contributed by atoms with van der Waals surface area (Å²) in [5.74, 6) is -0.915. The van der Waals surface area contributed by atoms with Crippen molar-refractivity contribution in [1.29, 1.82) is 0 Å². The maximum absolute atomic E-state index is 12.6. The average molecular weight is 847 g/mol. The Morgan fingerprint density at radius 1 is 0.500 bits per heavy atom. The number of allylic oxidation sites excluding steroid dienone is 2. The number of aliphatic hydroxyl groups excluding tert-OH is 2. The number of hydrogen-bond donors (Lipinski definition) is 3. The number of rotatable bonds is 46. The highest BCUT2D eigenvalue weighted by Gasteiger charge is 2.27. The summed E-state index contributed by atoms with van der Waals surface area (Å²) < 4.78 is 32.8. The van der Waals surface area contributed by atoms with Crippen molar-refractivity contribution in [2.45, 2.75) is 251 Å². The molecule has 0 saturated carbocycles. The molecule has 3 atom stereocenters. The minimum atomic E-state index is -4.62. The van der Waals surface area contributed by atoms with Crippen LogP contribution < -0.4 is 0 Å². The number of hydrogen-bond acceptors (Lipinski definition) is 9. The Labute approximate surface area is 356 Å². The smallest absolute Gasteiger partial charge is 0.462 e. The summed E-state index contributed by atoms with van der Waals surface area (Å²) in [5, 5.41) is 18.4. The maximum Gasteiger partial charge on any atom is 0.472 e. The third-order valence-electron chi connectivity index (χ3n) is 10.7. The number of unbranched alkanes of at least 4 members (excludes halogenated alkanes) is 30. The fourth-order valence-corrected chi connectivity index (χ4v) is 7.72. The van der Waals surface area contributed by atoms with Crippen molar-refractivity contribution >= 4 is 19.8 Å². The second-order valence-electron chi connectivity index (χ2n) is 16.5. The predicted molar refractivity (Wildman–Crippen MR) is 238 cm³/mol. The lowest BCUT2D eigenvalue weighted by molar-refractivity contribution is -0.161. The first-order chi connectivity index (χ1) is 28.2. The Kier molecular flexibility index (Phi) is 42.8. The molecule has 0 spiro atoms. The van der Waals surface area contributed by atoms with E-state index >= 15 is 0 Å². The van der Waals surface area contributed by atoms with Crippen LogP contribution in [0, 0.1) is 0 Å². The summed E-state index contributed by atoms with van der Waals surface area (Å²) in [6.07, 6.45) is 43.2. The molecule has 0 aliphatic carbocycles. The van der Waals surface area contributed by atoms with Crippen LogP contribution in [0.4, 0.5) is 0 Å². The number of carbonyl (C=O) groups excluding carboxylic acids is 2. The van der Waals surface area contributed by atoms with E-state index in [2.05, 4.69) is 26.0 Å². The van der Waals surface area contributed by atoms with Gasteiger partial charge < -0.3 is 24.6 Å². The number of carbonyl (C=O) groups is 2. The second-order valence-corrected chi connectivity index (χ2v) is 17.9. The normalized spacial score (nSPS) is 13.8. The van der Waals surface area contributed by atoms with Gasteiger partial charge >= 0.3 is 19.8 Å². The molecule has 0 saturated heterocycles. The van der Waals surface area contributed by atoms with Gasteiger partial charge in [-0.15, -0.1) is 0 Å². The van der Waals surface area contributed by atoms with E-state index in [1.807, 2.05) is 0 Å². The number of esters is 2. The molecule has 0 radical (unpaired) electrons. The van der Waals surface area contributed by atoms with E-state index in [0.717, 1.165) is 44.9 Å². The molecular formula is C47H91O10P. The molecule has 11 heteroatoms. The Hall–Kier alpha value is -1.29. The first-order valence-corrected chi connectivity index (χ1v) is 25.6. The van der Waals surface area contributed by atoms with E-state index < -0.39 is 51.8 Å². The molecule has 58 heavy (non-hydrogen) atoms. The molecule has 0 fully saturated rings. The van der Waals surface area contributed by atoms with Crippen molar-refractivity contribution in [2.75, 3.05) is 26.4 Å². The molecule has 10 nitrogen and oxygen atoms in total. The van der Waals surface area contributed by atoms with Crippen LogP contribution >= 0.6 is 7.82 Å². The first-order valence-electron chi connectivity index (χ1n) is 24.1. The Bertz CT molecular complexity index is 977. The average Bonchev–Trinajstić information content (AvgIpc) is 3.21. The summed E-state index contributed by atoms with van der Waals surface area (Å²) in [6, 6.07) is 0. The van der Waals surface area contributed by atoms with Crippen LogP contribution in [0.1, 0.15) is 239 Å². The molecule has 1 unspecified atom stereocenters. The lowest BCUT2D eigenvalue weighted by Crippen LogP contribution is -2.29. The topological polar surface area (TPSA) is 149 Å². The van der Waals surface area contributed by atoms with Gasteiger partial charge in [0.25, 0.3) is 0 Å². The molecule has 0 rings (SSSR count). The Morgan fingerprint density at radius 3 is 1.24 bits per heavy atom.